The van der Waals surface area contributed by atoms with Crippen molar-refractivity contribution in [1.82, 2.24) is 10.2 Å². The fraction of sp³-hybridized carbons (Fsp3) is 0.786. The average molecular weight is 300 g/mol. The van der Waals surface area contributed by atoms with Gasteiger partial charge in [0.1, 0.15) is 18.2 Å². The smallest absolute Gasteiger partial charge is 0.408 e. The molecular weight excluding hydrogens is 276 g/mol. The molecule has 0 saturated carbocycles. The first kappa shape index (κ1) is 17.3. The van der Waals surface area contributed by atoms with E-state index in [4.69, 9.17) is 4.74 Å². The second kappa shape index (κ2) is 7.28. The van der Waals surface area contributed by atoms with Crippen LogP contribution in [0.1, 0.15) is 40.0 Å². The van der Waals surface area contributed by atoms with E-state index >= 15 is 0 Å². The predicted octanol–water partition coefficient (Wildman–Crippen LogP) is 1.07. The van der Waals surface area contributed by atoms with Crippen molar-refractivity contribution in [3.05, 3.63) is 0 Å². The first-order valence-electron chi connectivity index (χ1n) is 7.08. The van der Waals surface area contributed by atoms with Crippen LogP contribution in [0.5, 0.6) is 0 Å². The lowest BCUT2D eigenvalue weighted by Crippen LogP contribution is -2.49. The summed E-state index contributed by atoms with van der Waals surface area (Å²) in [6.45, 7) is 5.66. The molecular formula is C14H24N2O5. The summed E-state index contributed by atoms with van der Waals surface area (Å²) in [6.07, 6.45) is 1.50. The summed E-state index contributed by atoms with van der Waals surface area (Å²) in [5.74, 6) is -0.745. The third kappa shape index (κ3) is 6.01. The number of alkyl carbamates (subject to hydrolysis) is 1. The van der Waals surface area contributed by atoms with E-state index in [9.17, 15) is 14.4 Å². The number of carbonyl (C=O) groups is 3. The maximum absolute atomic E-state index is 12.3. The molecule has 0 aromatic carbocycles. The number of likely N-dealkylation sites (tertiary alicyclic amines) is 1. The van der Waals surface area contributed by atoms with E-state index in [0.717, 1.165) is 12.8 Å². The summed E-state index contributed by atoms with van der Waals surface area (Å²) in [4.78, 5) is 36.9. The van der Waals surface area contributed by atoms with Crippen molar-refractivity contribution >= 4 is 18.0 Å². The number of hydrogen-bond acceptors (Lipinski definition) is 5. The molecule has 0 aromatic rings. The van der Waals surface area contributed by atoms with Gasteiger partial charge in [0.15, 0.2) is 0 Å². The van der Waals surface area contributed by atoms with Gasteiger partial charge in [-0.15, -0.1) is 0 Å². The lowest BCUT2D eigenvalue weighted by molar-refractivity contribution is -0.147. The van der Waals surface area contributed by atoms with Crippen molar-refractivity contribution in [3.63, 3.8) is 0 Å². The number of esters is 1. The van der Waals surface area contributed by atoms with E-state index in [1.54, 1.807) is 20.8 Å². The van der Waals surface area contributed by atoms with Crippen LogP contribution in [0.3, 0.4) is 0 Å². The van der Waals surface area contributed by atoms with Gasteiger partial charge in [-0.2, -0.15) is 0 Å². The number of nitrogens with one attached hydrogen (secondary N) is 1. The van der Waals surface area contributed by atoms with Crippen LogP contribution in [-0.4, -0.2) is 54.7 Å². The largest absolute Gasteiger partial charge is 0.468 e. The van der Waals surface area contributed by atoms with Crippen LogP contribution in [0.25, 0.3) is 0 Å². The first-order valence-corrected chi connectivity index (χ1v) is 7.08. The summed E-state index contributed by atoms with van der Waals surface area (Å²) in [5.41, 5.74) is -0.621. The Labute approximate surface area is 124 Å². The van der Waals surface area contributed by atoms with Gasteiger partial charge in [0.05, 0.1) is 7.11 Å². The molecule has 0 radical (unpaired) electrons. The molecule has 21 heavy (non-hydrogen) atoms. The van der Waals surface area contributed by atoms with Crippen molar-refractivity contribution in [2.75, 3.05) is 20.2 Å². The van der Waals surface area contributed by atoms with Crippen molar-refractivity contribution < 1.29 is 23.9 Å². The lowest BCUT2D eigenvalue weighted by atomic mass is 10.1. The third-order valence-corrected chi connectivity index (χ3v) is 3.02. The van der Waals surface area contributed by atoms with Crippen LogP contribution in [0.4, 0.5) is 4.79 Å². The fourth-order valence-electron chi connectivity index (χ4n) is 2.07. The molecule has 0 aliphatic carbocycles. The zero-order valence-corrected chi connectivity index (χ0v) is 13.1. The lowest BCUT2D eigenvalue weighted by Gasteiger charge is -2.25. The van der Waals surface area contributed by atoms with Crippen LogP contribution in [0.15, 0.2) is 0 Å². The molecule has 7 nitrogen and oxygen atoms in total. The van der Waals surface area contributed by atoms with Gasteiger partial charge in [-0.05, 0) is 40.0 Å². The Kier molecular flexibility index (Phi) is 5.99. The van der Waals surface area contributed by atoms with Gasteiger partial charge < -0.3 is 19.7 Å². The summed E-state index contributed by atoms with van der Waals surface area (Å²) in [6, 6.07) is -0.660. The maximum atomic E-state index is 12.3. The highest BCUT2D eigenvalue weighted by Gasteiger charge is 2.30. The second-order valence-corrected chi connectivity index (χ2v) is 6.03. The predicted molar refractivity (Wildman–Crippen MR) is 75.6 cm³/mol. The minimum atomic E-state index is -0.660. The van der Waals surface area contributed by atoms with E-state index < -0.39 is 23.7 Å². The SMILES string of the molecule is COC(=O)CN1CCCCC(NC(=O)OC(C)(C)C)C1=O. The molecule has 1 fully saturated rings. The normalized spacial score (nSPS) is 19.7. The molecule has 1 aliphatic rings. The molecule has 1 rings (SSSR count). The van der Waals surface area contributed by atoms with Gasteiger partial charge in [-0.25, -0.2) is 4.79 Å². The number of amides is 2. The highest BCUT2D eigenvalue weighted by molar-refractivity contribution is 5.88. The third-order valence-electron chi connectivity index (χ3n) is 3.02. The van der Waals surface area contributed by atoms with Crippen molar-refractivity contribution in [3.8, 4) is 0 Å². The molecule has 1 unspecified atom stereocenters. The van der Waals surface area contributed by atoms with Gasteiger partial charge in [0, 0.05) is 6.54 Å². The van der Waals surface area contributed by atoms with Crippen molar-refractivity contribution in [2.24, 2.45) is 0 Å². The molecule has 0 bridgehead atoms. The molecule has 7 heteroatoms. The van der Waals surface area contributed by atoms with Gasteiger partial charge in [-0.1, -0.05) is 0 Å². The minimum absolute atomic E-state index is 0.0954. The average Bonchev–Trinajstić information content (AvgIpc) is 2.52. The Morgan fingerprint density at radius 1 is 1.33 bits per heavy atom. The summed E-state index contributed by atoms with van der Waals surface area (Å²) in [5, 5.41) is 2.58. The number of ether oxygens (including phenoxy) is 2. The Hall–Kier alpha value is -1.79. The fourth-order valence-corrected chi connectivity index (χ4v) is 2.07. The van der Waals surface area contributed by atoms with E-state index in [1.807, 2.05) is 0 Å². The molecule has 1 atom stereocenters. The van der Waals surface area contributed by atoms with Crippen molar-refractivity contribution in [2.45, 2.75) is 51.7 Å². The molecule has 1 saturated heterocycles. The van der Waals surface area contributed by atoms with Crippen LogP contribution in [-0.2, 0) is 19.1 Å². The van der Waals surface area contributed by atoms with Gasteiger partial charge in [-0.3, -0.25) is 9.59 Å². The van der Waals surface area contributed by atoms with Crippen LogP contribution in [0, 0.1) is 0 Å². The molecule has 1 heterocycles. The first-order chi connectivity index (χ1) is 9.73. The molecule has 120 valence electrons. The van der Waals surface area contributed by atoms with Gasteiger partial charge in [0.2, 0.25) is 5.91 Å². The highest BCUT2D eigenvalue weighted by atomic mass is 16.6. The minimum Gasteiger partial charge on any atom is -0.468 e. The monoisotopic (exact) mass is 300 g/mol. The van der Waals surface area contributed by atoms with E-state index in [1.165, 1.54) is 12.0 Å². The Bertz CT molecular complexity index is 403. The maximum Gasteiger partial charge on any atom is 0.408 e. The highest BCUT2D eigenvalue weighted by Crippen LogP contribution is 2.14. The Morgan fingerprint density at radius 3 is 2.57 bits per heavy atom. The van der Waals surface area contributed by atoms with Crippen LogP contribution >= 0.6 is 0 Å². The zero-order chi connectivity index (χ0) is 16.0. The number of rotatable bonds is 3. The number of nitrogens with zero attached hydrogens (tertiary/aromatic N) is 1. The van der Waals surface area contributed by atoms with Crippen molar-refractivity contribution in [1.29, 1.82) is 0 Å². The standard InChI is InChI=1S/C14H24N2O5/c1-14(2,3)21-13(19)15-10-7-5-6-8-16(12(10)18)9-11(17)20-4/h10H,5-9H2,1-4H3,(H,15,19). The summed E-state index contributed by atoms with van der Waals surface area (Å²) in [7, 11) is 1.28. The Morgan fingerprint density at radius 2 is 2.00 bits per heavy atom. The van der Waals surface area contributed by atoms with Gasteiger partial charge >= 0.3 is 12.1 Å². The van der Waals surface area contributed by atoms with Crippen LogP contribution < -0.4 is 5.32 Å². The summed E-state index contributed by atoms with van der Waals surface area (Å²) >= 11 is 0. The number of hydrogen-bond donors (Lipinski definition) is 1. The Balaban J connectivity index is 2.65. The molecule has 1 N–H and O–H groups in total. The van der Waals surface area contributed by atoms with E-state index in [0.29, 0.717) is 13.0 Å². The topological polar surface area (TPSA) is 84.9 Å². The van der Waals surface area contributed by atoms with Crippen LogP contribution in [0.2, 0.25) is 0 Å². The number of methoxy groups -OCH3 is 1. The molecule has 0 aromatic heterocycles. The molecule has 2 amide bonds. The summed E-state index contributed by atoms with van der Waals surface area (Å²) < 4.78 is 9.73. The molecule has 1 aliphatic heterocycles. The van der Waals surface area contributed by atoms with Gasteiger partial charge in [0.25, 0.3) is 0 Å². The second-order valence-electron chi connectivity index (χ2n) is 6.03. The van der Waals surface area contributed by atoms with E-state index in [2.05, 4.69) is 10.1 Å². The zero-order valence-electron chi connectivity index (χ0n) is 13.1. The van der Waals surface area contributed by atoms with E-state index in [-0.39, 0.29) is 12.5 Å². The number of carbonyl (C=O) groups excluding carboxylic acids is 3. The quantitative estimate of drug-likeness (QED) is 0.788. The molecule has 0 spiro atoms.